The average Bonchev–Trinajstić information content (AvgIpc) is 3.39. The summed E-state index contributed by atoms with van der Waals surface area (Å²) in [6.45, 7) is 2.38. The second kappa shape index (κ2) is 13.3. The van der Waals surface area contributed by atoms with E-state index in [0.29, 0.717) is 12.4 Å². The normalized spacial score (nSPS) is 11.4. The Kier molecular flexibility index (Phi) is 9.88. The fourth-order valence-corrected chi connectivity index (χ4v) is 4.18. The van der Waals surface area contributed by atoms with E-state index < -0.39 is 23.9 Å². The van der Waals surface area contributed by atoms with Crippen LogP contribution in [0, 0.1) is 6.92 Å². The third kappa shape index (κ3) is 7.84. The van der Waals surface area contributed by atoms with Crippen molar-refractivity contribution in [3.05, 3.63) is 81.5 Å². The van der Waals surface area contributed by atoms with Crippen LogP contribution in [0.25, 0.3) is 0 Å². The Balaban J connectivity index is 1.88. The molecule has 2 aromatic carbocycles. The van der Waals surface area contributed by atoms with Crippen molar-refractivity contribution in [2.75, 3.05) is 13.7 Å². The van der Waals surface area contributed by atoms with Crippen molar-refractivity contribution in [2.24, 2.45) is 0 Å². The molecular weight excluding hydrogens is 482 g/mol. The summed E-state index contributed by atoms with van der Waals surface area (Å²) in [6.07, 6.45) is -0.460. The highest BCUT2D eigenvalue weighted by Gasteiger charge is 2.22. The number of hydrogen-bond donors (Lipinski definition) is 2. The van der Waals surface area contributed by atoms with Gasteiger partial charge in [0.15, 0.2) is 0 Å². The van der Waals surface area contributed by atoms with Gasteiger partial charge in [0.25, 0.3) is 5.91 Å². The van der Waals surface area contributed by atoms with E-state index in [1.54, 1.807) is 29.5 Å². The van der Waals surface area contributed by atoms with Gasteiger partial charge in [-0.1, -0.05) is 24.3 Å². The van der Waals surface area contributed by atoms with E-state index in [0.717, 1.165) is 16.7 Å². The number of hydrogen-bond acceptors (Lipinski definition) is 7. The Labute approximate surface area is 213 Å². The Morgan fingerprint density at radius 3 is 2.58 bits per heavy atom. The number of thiophene rings is 1. The monoisotopic (exact) mass is 511 g/mol. The molecule has 1 atom stereocenters. The zero-order valence-corrected chi connectivity index (χ0v) is 21.0. The van der Waals surface area contributed by atoms with Crippen LogP contribution in [0.15, 0.2) is 59.3 Å². The molecule has 1 heterocycles. The Bertz CT molecular complexity index is 1180. The zero-order valence-electron chi connectivity index (χ0n) is 20.2. The molecule has 0 spiro atoms. The molecule has 0 aliphatic rings. The maximum absolute atomic E-state index is 13.0. The van der Waals surface area contributed by atoms with Crippen molar-refractivity contribution < 1.29 is 33.7 Å². The maximum Gasteiger partial charge on any atom is 0.307 e. The lowest BCUT2D eigenvalue weighted by Gasteiger charge is -2.23. The van der Waals surface area contributed by atoms with Crippen LogP contribution in [0.4, 0.5) is 0 Å². The Hall–Kier alpha value is -3.85. The molecule has 9 heteroatoms. The summed E-state index contributed by atoms with van der Waals surface area (Å²) in [7, 11) is 1.29. The molecule has 0 aliphatic carbocycles. The number of nitrogens with one attached hydrogen (secondary N) is 1. The van der Waals surface area contributed by atoms with Gasteiger partial charge in [-0.05, 0) is 59.0 Å². The highest BCUT2D eigenvalue weighted by molar-refractivity contribution is 7.07. The molecule has 3 rings (SSSR count). The van der Waals surface area contributed by atoms with Gasteiger partial charge in [-0.3, -0.25) is 14.4 Å². The molecule has 0 radical (unpaired) electrons. The molecule has 8 nitrogen and oxygen atoms in total. The Morgan fingerprint density at radius 2 is 1.89 bits per heavy atom. The van der Waals surface area contributed by atoms with Crippen LogP contribution >= 0.6 is 11.3 Å². The third-order valence-corrected chi connectivity index (χ3v) is 6.18. The lowest BCUT2D eigenvalue weighted by atomic mass is 9.99. The van der Waals surface area contributed by atoms with E-state index in [-0.39, 0.29) is 37.1 Å². The number of carboxylic acid groups (broad SMARTS) is 1. The summed E-state index contributed by atoms with van der Waals surface area (Å²) < 4.78 is 16.8. The lowest BCUT2D eigenvalue weighted by Crippen LogP contribution is -2.27. The van der Waals surface area contributed by atoms with Gasteiger partial charge in [0.05, 0.1) is 19.1 Å². The molecule has 0 unspecified atom stereocenters. The summed E-state index contributed by atoms with van der Waals surface area (Å²) in [5.74, 6) is -1.04. The van der Waals surface area contributed by atoms with Crippen molar-refractivity contribution in [3.8, 4) is 11.5 Å². The summed E-state index contributed by atoms with van der Waals surface area (Å²) in [5.41, 5.74) is 3.05. The van der Waals surface area contributed by atoms with Gasteiger partial charge in [0.2, 0.25) is 0 Å². The van der Waals surface area contributed by atoms with Crippen LogP contribution in [0.3, 0.4) is 0 Å². The number of amides is 1. The summed E-state index contributed by atoms with van der Waals surface area (Å²) in [5, 5.41) is 15.9. The van der Waals surface area contributed by atoms with E-state index in [2.05, 4.69) is 10.1 Å². The summed E-state index contributed by atoms with van der Waals surface area (Å²) >= 11 is 1.57. The van der Waals surface area contributed by atoms with Gasteiger partial charge in [0, 0.05) is 19.0 Å². The number of rotatable bonds is 13. The SMILES string of the molecule is COC(=O)CCNC(=O)c1ccc(OCc2ccsc2)cc1O[C@@H](CCC(=O)O)c1ccccc1C. The summed E-state index contributed by atoms with van der Waals surface area (Å²) in [4.78, 5) is 35.7. The van der Waals surface area contributed by atoms with Gasteiger partial charge in [-0.25, -0.2) is 0 Å². The molecule has 0 aliphatic heterocycles. The number of benzene rings is 2. The van der Waals surface area contributed by atoms with Crippen molar-refractivity contribution in [2.45, 2.75) is 38.9 Å². The van der Waals surface area contributed by atoms with Crippen LogP contribution in [0.2, 0.25) is 0 Å². The highest BCUT2D eigenvalue weighted by atomic mass is 32.1. The van der Waals surface area contributed by atoms with E-state index >= 15 is 0 Å². The van der Waals surface area contributed by atoms with Gasteiger partial charge in [0.1, 0.15) is 24.2 Å². The molecule has 1 aromatic heterocycles. The highest BCUT2D eigenvalue weighted by Crippen LogP contribution is 2.33. The van der Waals surface area contributed by atoms with E-state index in [9.17, 15) is 19.5 Å². The molecule has 2 N–H and O–H groups in total. The van der Waals surface area contributed by atoms with E-state index in [4.69, 9.17) is 9.47 Å². The predicted octanol–water partition coefficient (Wildman–Crippen LogP) is 4.91. The minimum absolute atomic E-state index is 0.0325. The molecule has 0 bridgehead atoms. The van der Waals surface area contributed by atoms with Crippen molar-refractivity contribution >= 4 is 29.2 Å². The number of carboxylic acids is 1. The number of ether oxygens (including phenoxy) is 3. The second-order valence-electron chi connectivity index (χ2n) is 8.06. The molecule has 190 valence electrons. The molecule has 0 saturated heterocycles. The molecule has 0 fully saturated rings. The number of esters is 1. The lowest BCUT2D eigenvalue weighted by molar-refractivity contribution is -0.140. The van der Waals surface area contributed by atoms with Gasteiger partial charge >= 0.3 is 11.9 Å². The number of carbonyl (C=O) groups is 3. The van der Waals surface area contributed by atoms with E-state index in [1.165, 1.54) is 7.11 Å². The smallest absolute Gasteiger partial charge is 0.307 e. The predicted molar refractivity (Wildman–Crippen MR) is 135 cm³/mol. The van der Waals surface area contributed by atoms with Crippen LogP contribution in [0.1, 0.15) is 52.4 Å². The minimum Gasteiger partial charge on any atom is -0.489 e. The quantitative estimate of drug-likeness (QED) is 0.314. The molecule has 1 amide bonds. The van der Waals surface area contributed by atoms with Crippen LogP contribution in [-0.4, -0.2) is 36.6 Å². The number of carbonyl (C=O) groups excluding carboxylic acids is 2. The number of methoxy groups -OCH3 is 1. The van der Waals surface area contributed by atoms with Crippen molar-refractivity contribution in [3.63, 3.8) is 0 Å². The molecular formula is C27H29NO7S. The number of aryl methyl sites for hydroxylation is 1. The first-order chi connectivity index (χ1) is 17.4. The molecule has 36 heavy (non-hydrogen) atoms. The number of aliphatic carboxylic acids is 1. The minimum atomic E-state index is -0.939. The fourth-order valence-electron chi connectivity index (χ4n) is 3.53. The zero-order chi connectivity index (χ0) is 25.9. The van der Waals surface area contributed by atoms with Crippen LogP contribution in [0.5, 0.6) is 11.5 Å². The van der Waals surface area contributed by atoms with Gasteiger partial charge in [-0.2, -0.15) is 11.3 Å². The van der Waals surface area contributed by atoms with Gasteiger partial charge < -0.3 is 24.6 Å². The summed E-state index contributed by atoms with van der Waals surface area (Å²) in [6, 6.07) is 14.4. The first kappa shape index (κ1) is 26.7. The average molecular weight is 512 g/mol. The second-order valence-corrected chi connectivity index (χ2v) is 8.84. The maximum atomic E-state index is 13.0. The van der Waals surface area contributed by atoms with Crippen LogP contribution in [-0.2, 0) is 20.9 Å². The fraction of sp³-hybridized carbons (Fsp3) is 0.296. The Morgan fingerprint density at radius 1 is 1.08 bits per heavy atom. The molecule has 3 aromatic rings. The van der Waals surface area contributed by atoms with Gasteiger partial charge in [-0.15, -0.1) is 0 Å². The third-order valence-electron chi connectivity index (χ3n) is 5.45. The topological polar surface area (TPSA) is 111 Å². The largest absolute Gasteiger partial charge is 0.489 e. The first-order valence-electron chi connectivity index (χ1n) is 11.4. The first-order valence-corrected chi connectivity index (χ1v) is 12.4. The standard InChI is InChI=1S/C27H29NO7S/c1-18-5-3-4-6-21(18)23(9-10-25(29)30)35-24-15-20(34-16-19-12-14-36-17-19)7-8-22(24)27(32)28-13-11-26(31)33-2/h3-8,12,14-15,17,23H,9-11,13,16H2,1-2H3,(H,28,32)(H,29,30)/t23-/m0/s1. The van der Waals surface area contributed by atoms with E-state index in [1.807, 2.05) is 48.0 Å². The molecule has 0 saturated carbocycles. The van der Waals surface area contributed by atoms with Crippen LogP contribution < -0.4 is 14.8 Å². The van der Waals surface area contributed by atoms with Crippen molar-refractivity contribution in [1.29, 1.82) is 0 Å². The van der Waals surface area contributed by atoms with Crippen molar-refractivity contribution in [1.82, 2.24) is 5.32 Å².